The first-order valence-electron chi connectivity index (χ1n) is 19.7. The van der Waals surface area contributed by atoms with E-state index in [-0.39, 0.29) is 34.2 Å². The van der Waals surface area contributed by atoms with Gasteiger partial charge in [0.05, 0.1) is 22.1 Å². The van der Waals surface area contributed by atoms with Crippen molar-refractivity contribution in [2.75, 3.05) is 0 Å². The molecule has 11 rings (SSSR count). The zero-order chi connectivity index (χ0) is 42.9. The van der Waals surface area contributed by atoms with Gasteiger partial charge in [0.1, 0.15) is 28.8 Å². The Morgan fingerprint density at radius 1 is 0.339 bits per heavy atom. The molecule has 2 aromatic heterocycles. The first kappa shape index (κ1) is 36.4. The molecule has 0 aliphatic rings. The zero-order valence-corrected chi connectivity index (χ0v) is 32.9. The third-order valence-corrected chi connectivity index (χ3v) is 12.1. The average molecular weight is 819 g/mol. The summed E-state index contributed by atoms with van der Waals surface area (Å²) in [4.78, 5) is 10.5. The fourth-order valence-corrected chi connectivity index (χ4v) is 9.12. The van der Waals surface area contributed by atoms with Crippen molar-refractivity contribution < 1.29 is 40.9 Å². The lowest BCUT2D eigenvalue weighted by atomic mass is 9.99. The third-order valence-electron chi connectivity index (χ3n) is 12.1. The van der Waals surface area contributed by atoms with E-state index in [1.54, 1.807) is 33.4 Å². The Balaban J connectivity index is 1.29. The van der Waals surface area contributed by atoms with Crippen LogP contribution in [-0.4, -0.2) is 60.0 Å². The van der Waals surface area contributed by atoms with E-state index >= 15 is 0 Å². The summed E-state index contributed by atoms with van der Waals surface area (Å²) in [5.41, 5.74) is 2.90. The maximum atomic E-state index is 11.8. The van der Waals surface area contributed by atoms with E-state index < -0.39 is 46.0 Å². The summed E-state index contributed by atoms with van der Waals surface area (Å²) in [6, 6.07) is 38.2. The lowest BCUT2D eigenvalue weighted by Crippen LogP contribution is -2.03. The van der Waals surface area contributed by atoms with Gasteiger partial charge in [0.2, 0.25) is 17.2 Å². The number of phenols is 8. The maximum Gasteiger partial charge on any atom is 0.206 e. The van der Waals surface area contributed by atoms with Gasteiger partial charge in [-0.1, -0.05) is 115 Å². The molecule has 0 aliphatic carbocycles. The predicted octanol–water partition coefficient (Wildman–Crippen LogP) is 10.6. The van der Waals surface area contributed by atoms with Crippen molar-refractivity contribution in [2.24, 2.45) is 0 Å². The summed E-state index contributed by atoms with van der Waals surface area (Å²) < 4.78 is 3.24. The molecule has 0 saturated carbocycles. The molecule has 0 unspecified atom stereocenters. The van der Waals surface area contributed by atoms with Crippen LogP contribution in [0.5, 0.6) is 46.0 Å². The molecule has 302 valence electrons. The SMILES string of the molecule is Cc1c(O)c(O)c(O)c(-n2c(-c3cccc(-c4nc5c6ccccc6c6ccccc6c5n4-c4c(C)c(O)c(O)c(O)c4O)c3)nc3c4ccccc4c4ccccc4c32)c1O. The molecular formula is C50H34N4O8. The first-order chi connectivity index (χ1) is 30.0. The Kier molecular flexibility index (Phi) is 7.60. The van der Waals surface area contributed by atoms with Crippen molar-refractivity contribution in [1.29, 1.82) is 0 Å². The standard InChI is InChI=1S/C50H34N4O8/c1-23-37(44(58)48(62)47(61)42(23)56)53-38-33-20-9-5-16-29(33)27-14-3-7-18-31(27)35(38)51-49(53)25-12-11-13-26(22-25)50-52-36-32-19-8-4-15-28(32)30-17-6-10-21-34(30)39(36)54(50)40-41(55)24(2)43(57)46(60)45(40)59/h3-22,55-62H,1-2H3. The minimum absolute atomic E-state index is 0.0174. The highest BCUT2D eigenvalue weighted by atomic mass is 16.3. The van der Waals surface area contributed by atoms with Gasteiger partial charge in [-0.15, -0.1) is 0 Å². The van der Waals surface area contributed by atoms with E-state index in [1.165, 1.54) is 13.8 Å². The largest absolute Gasteiger partial charge is 0.505 e. The molecule has 0 atom stereocenters. The van der Waals surface area contributed by atoms with Crippen LogP contribution in [0.1, 0.15) is 11.1 Å². The molecule has 0 amide bonds. The summed E-state index contributed by atoms with van der Waals surface area (Å²) in [5, 5.41) is 96.2. The molecular weight excluding hydrogens is 785 g/mol. The average Bonchev–Trinajstić information content (AvgIpc) is 3.90. The lowest BCUT2D eigenvalue weighted by molar-refractivity contribution is 0.343. The predicted molar refractivity (Wildman–Crippen MR) is 239 cm³/mol. The normalized spacial score (nSPS) is 11.9. The highest BCUT2D eigenvalue weighted by Crippen LogP contribution is 2.53. The van der Waals surface area contributed by atoms with E-state index in [1.807, 2.05) is 97.1 Å². The summed E-state index contributed by atoms with van der Waals surface area (Å²) in [7, 11) is 0. The number of hydrogen-bond donors (Lipinski definition) is 8. The molecule has 0 bridgehead atoms. The molecule has 0 saturated heterocycles. The van der Waals surface area contributed by atoms with Gasteiger partial charge in [0.25, 0.3) is 0 Å². The first-order valence-corrected chi connectivity index (χ1v) is 19.7. The Hall–Kier alpha value is -8.64. The Morgan fingerprint density at radius 3 is 1.18 bits per heavy atom. The van der Waals surface area contributed by atoms with Gasteiger partial charge in [0.15, 0.2) is 23.0 Å². The zero-order valence-electron chi connectivity index (χ0n) is 32.9. The van der Waals surface area contributed by atoms with Crippen LogP contribution in [0.15, 0.2) is 121 Å². The Bertz CT molecular complexity index is 3480. The Labute approximate surface area is 350 Å². The van der Waals surface area contributed by atoms with Crippen LogP contribution in [0.4, 0.5) is 0 Å². The van der Waals surface area contributed by atoms with E-state index in [0.29, 0.717) is 33.2 Å². The van der Waals surface area contributed by atoms with Crippen molar-refractivity contribution in [3.63, 3.8) is 0 Å². The molecule has 0 spiro atoms. The molecule has 0 aliphatic heterocycles. The van der Waals surface area contributed by atoms with Gasteiger partial charge < -0.3 is 40.9 Å². The van der Waals surface area contributed by atoms with Crippen molar-refractivity contribution in [2.45, 2.75) is 13.8 Å². The minimum Gasteiger partial charge on any atom is -0.505 e. The van der Waals surface area contributed by atoms with Gasteiger partial charge in [0, 0.05) is 43.8 Å². The second kappa shape index (κ2) is 12.9. The van der Waals surface area contributed by atoms with E-state index in [2.05, 4.69) is 0 Å². The number of hydrogen-bond acceptors (Lipinski definition) is 10. The van der Waals surface area contributed by atoms with Gasteiger partial charge in [-0.05, 0) is 41.5 Å². The van der Waals surface area contributed by atoms with Gasteiger partial charge >= 0.3 is 0 Å². The smallest absolute Gasteiger partial charge is 0.206 e. The summed E-state index contributed by atoms with van der Waals surface area (Å²) in [5.74, 6) is -5.28. The van der Waals surface area contributed by atoms with Crippen LogP contribution in [0, 0.1) is 13.8 Å². The molecule has 12 nitrogen and oxygen atoms in total. The maximum absolute atomic E-state index is 11.8. The lowest BCUT2D eigenvalue weighted by Gasteiger charge is -2.19. The quantitative estimate of drug-likeness (QED) is 0.0480. The van der Waals surface area contributed by atoms with Gasteiger partial charge in [-0.2, -0.15) is 0 Å². The van der Waals surface area contributed by atoms with Crippen molar-refractivity contribution in [3.8, 4) is 80.1 Å². The van der Waals surface area contributed by atoms with Crippen LogP contribution in [0.3, 0.4) is 0 Å². The number of benzene rings is 9. The molecule has 2 heterocycles. The fraction of sp³-hybridized carbons (Fsp3) is 0.0400. The highest BCUT2D eigenvalue weighted by molar-refractivity contribution is 6.25. The second-order valence-electron chi connectivity index (χ2n) is 15.4. The fourth-order valence-electron chi connectivity index (χ4n) is 9.12. The van der Waals surface area contributed by atoms with E-state index in [4.69, 9.17) is 9.97 Å². The number of fused-ring (bicyclic) bond motifs is 12. The van der Waals surface area contributed by atoms with Crippen LogP contribution in [0.25, 0.3) is 99.3 Å². The van der Waals surface area contributed by atoms with Crippen LogP contribution in [0.2, 0.25) is 0 Å². The molecule has 0 radical (unpaired) electrons. The number of aromatic nitrogens is 4. The monoisotopic (exact) mass is 818 g/mol. The molecule has 8 N–H and O–H groups in total. The Morgan fingerprint density at radius 2 is 0.694 bits per heavy atom. The minimum atomic E-state index is -0.907. The van der Waals surface area contributed by atoms with Gasteiger partial charge in [-0.25, -0.2) is 9.97 Å². The summed E-state index contributed by atoms with van der Waals surface area (Å²) >= 11 is 0. The summed E-state index contributed by atoms with van der Waals surface area (Å²) in [6.45, 7) is 2.94. The number of nitrogens with zero attached hydrogens (tertiary/aromatic N) is 4. The molecule has 0 fully saturated rings. The third kappa shape index (κ3) is 4.76. The second-order valence-corrected chi connectivity index (χ2v) is 15.4. The van der Waals surface area contributed by atoms with Crippen molar-refractivity contribution in [1.82, 2.24) is 19.1 Å². The summed E-state index contributed by atoms with van der Waals surface area (Å²) in [6.07, 6.45) is 0. The van der Waals surface area contributed by atoms with Crippen LogP contribution >= 0.6 is 0 Å². The number of phenolic OH excluding ortho intramolecular Hbond substituents is 8. The number of imidazole rings is 2. The molecule has 9 aromatic carbocycles. The van der Waals surface area contributed by atoms with Crippen LogP contribution < -0.4 is 0 Å². The topological polar surface area (TPSA) is 197 Å². The number of aromatic hydroxyl groups is 8. The molecule has 11 aromatic rings. The molecule has 12 heteroatoms. The van der Waals surface area contributed by atoms with Crippen molar-refractivity contribution >= 4 is 65.2 Å². The number of rotatable bonds is 4. The highest BCUT2D eigenvalue weighted by Gasteiger charge is 2.31. The van der Waals surface area contributed by atoms with E-state index in [0.717, 1.165) is 43.1 Å². The van der Waals surface area contributed by atoms with E-state index in [9.17, 15) is 40.9 Å². The van der Waals surface area contributed by atoms with Gasteiger partial charge in [-0.3, -0.25) is 9.13 Å². The van der Waals surface area contributed by atoms with Crippen molar-refractivity contribution in [3.05, 3.63) is 132 Å². The molecule has 62 heavy (non-hydrogen) atoms. The van der Waals surface area contributed by atoms with Crippen LogP contribution in [-0.2, 0) is 0 Å².